The molecule has 5 heteroatoms. The van der Waals surface area contributed by atoms with Gasteiger partial charge in [-0.1, -0.05) is 6.92 Å². The van der Waals surface area contributed by atoms with Gasteiger partial charge >= 0.3 is 0 Å². The summed E-state index contributed by atoms with van der Waals surface area (Å²) >= 11 is 0. The lowest BCUT2D eigenvalue weighted by Gasteiger charge is -2.15. The molecule has 0 aliphatic carbocycles. The fourth-order valence-corrected chi connectivity index (χ4v) is 2.39. The van der Waals surface area contributed by atoms with Gasteiger partial charge in [-0.25, -0.2) is 4.98 Å². The van der Waals surface area contributed by atoms with Crippen LogP contribution in [-0.4, -0.2) is 31.8 Å². The van der Waals surface area contributed by atoms with Gasteiger partial charge in [-0.2, -0.15) is 0 Å². The normalized spacial score (nSPS) is 14.6. The zero-order chi connectivity index (χ0) is 12.8. The molecule has 0 aromatic carbocycles. The van der Waals surface area contributed by atoms with Gasteiger partial charge in [0.25, 0.3) is 0 Å². The van der Waals surface area contributed by atoms with E-state index in [-0.39, 0.29) is 0 Å². The monoisotopic (exact) mass is 257 g/mol. The van der Waals surface area contributed by atoms with E-state index in [0.29, 0.717) is 6.04 Å². The van der Waals surface area contributed by atoms with E-state index in [1.54, 1.807) is 6.26 Å². The first kappa shape index (κ1) is 14.2. The molecule has 1 aromatic heterocycles. The van der Waals surface area contributed by atoms with Crippen LogP contribution in [0.15, 0.2) is 6.20 Å². The number of rotatable bonds is 7. The van der Waals surface area contributed by atoms with Crippen LogP contribution in [-0.2, 0) is 17.3 Å². The number of hydrogen-bond donors (Lipinski definition) is 1. The number of aromatic nitrogens is 2. The van der Waals surface area contributed by atoms with Crippen LogP contribution in [0.4, 0.5) is 5.95 Å². The van der Waals surface area contributed by atoms with E-state index in [1.165, 1.54) is 0 Å². The van der Waals surface area contributed by atoms with Crippen molar-refractivity contribution in [3.8, 4) is 0 Å². The molecule has 1 heterocycles. The largest absolute Gasteiger partial charge is 0.353 e. The Bertz CT molecular complexity index is 376. The first-order valence-corrected chi connectivity index (χ1v) is 7.86. The topological polar surface area (TPSA) is 46.9 Å². The lowest BCUT2D eigenvalue weighted by Crippen LogP contribution is -2.20. The molecule has 1 rings (SSSR count). The summed E-state index contributed by atoms with van der Waals surface area (Å²) in [4.78, 5) is 4.47. The average Bonchev–Trinajstić information content (AvgIpc) is 2.57. The van der Waals surface area contributed by atoms with Crippen LogP contribution >= 0.6 is 0 Å². The van der Waals surface area contributed by atoms with E-state index in [2.05, 4.69) is 34.9 Å². The summed E-state index contributed by atoms with van der Waals surface area (Å²) in [6, 6.07) is 0.302. The number of aryl methyl sites for hydroxylation is 2. The van der Waals surface area contributed by atoms with Crippen LogP contribution in [0.25, 0.3) is 0 Å². The second kappa shape index (κ2) is 6.79. The minimum absolute atomic E-state index is 0.302. The summed E-state index contributed by atoms with van der Waals surface area (Å²) in [6.07, 6.45) is 5.81. The molecule has 1 N–H and O–H groups in total. The molecule has 4 nitrogen and oxygen atoms in total. The summed E-state index contributed by atoms with van der Waals surface area (Å²) in [6.45, 7) is 7.24. The number of hydrogen-bond acceptors (Lipinski definition) is 3. The molecule has 0 spiro atoms. The van der Waals surface area contributed by atoms with Gasteiger partial charge in [-0.05, 0) is 26.7 Å². The Morgan fingerprint density at radius 3 is 2.88 bits per heavy atom. The van der Waals surface area contributed by atoms with Crippen LogP contribution in [0.3, 0.4) is 0 Å². The highest BCUT2D eigenvalue weighted by atomic mass is 32.2. The third kappa shape index (κ3) is 4.89. The summed E-state index contributed by atoms with van der Waals surface area (Å²) in [5.41, 5.74) is 1.03. The predicted molar refractivity (Wildman–Crippen MR) is 73.9 cm³/mol. The van der Waals surface area contributed by atoms with Crippen LogP contribution < -0.4 is 5.32 Å². The lowest BCUT2D eigenvalue weighted by atomic mass is 10.3. The third-order valence-electron chi connectivity index (χ3n) is 2.58. The van der Waals surface area contributed by atoms with E-state index >= 15 is 0 Å². The fourth-order valence-electron chi connectivity index (χ4n) is 1.71. The Morgan fingerprint density at radius 2 is 2.29 bits per heavy atom. The molecule has 0 saturated heterocycles. The third-order valence-corrected chi connectivity index (χ3v) is 3.39. The van der Waals surface area contributed by atoms with E-state index < -0.39 is 10.8 Å². The highest BCUT2D eigenvalue weighted by molar-refractivity contribution is 7.84. The molecule has 0 radical (unpaired) electrons. The maximum absolute atomic E-state index is 11.0. The number of nitrogens with one attached hydrogen (secondary N) is 1. The maximum Gasteiger partial charge on any atom is 0.203 e. The van der Waals surface area contributed by atoms with Crippen molar-refractivity contribution in [2.24, 2.45) is 0 Å². The van der Waals surface area contributed by atoms with Gasteiger partial charge in [0.15, 0.2) is 0 Å². The van der Waals surface area contributed by atoms with Crippen molar-refractivity contribution in [2.45, 2.75) is 46.2 Å². The minimum atomic E-state index is -0.715. The molecule has 0 amide bonds. The molecule has 0 aliphatic heterocycles. The molecular weight excluding hydrogens is 234 g/mol. The van der Waals surface area contributed by atoms with E-state index in [4.69, 9.17) is 0 Å². The first-order chi connectivity index (χ1) is 8.02. The molecule has 2 atom stereocenters. The molecular formula is C12H23N3OS. The smallest absolute Gasteiger partial charge is 0.203 e. The Morgan fingerprint density at radius 1 is 1.59 bits per heavy atom. The molecule has 2 unspecified atom stereocenters. The van der Waals surface area contributed by atoms with Gasteiger partial charge in [0.1, 0.15) is 0 Å². The Balaban J connectivity index is 2.57. The summed E-state index contributed by atoms with van der Waals surface area (Å²) in [5.74, 6) is 1.67. The SMILES string of the molecule is CCCn1cc(C)nc1NC(C)CCS(C)=O. The van der Waals surface area contributed by atoms with Crippen molar-refractivity contribution in [3.63, 3.8) is 0 Å². The number of nitrogens with zero attached hydrogens (tertiary/aromatic N) is 2. The van der Waals surface area contributed by atoms with Gasteiger partial charge in [-0.3, -0.25) is 4.21 Å². The summed E-state index contributed by atoms with van der Waals surface area (Å²) in [7, 11) is -0.715. The van der Waals surface area contributed by atoms with Crippen molar-refractivity contribution >= 4 is 16.7 Å². The summed E-state index contributed by atoms with van der Waals surface area (Å²) in [5, 5.41) is 3.39. The van der Waals surface area contributed by atoms with E-state index in [0.717, 1.165) is 36.8 Å². The van der Waals surface area contributed by atoms with Crippen molar-refractivity contribution in [2.75, 3.05) is 17.3 Å². The van der Waals surface area contributed by atoms with Crippen molar-refractivity contribution < 1.29 is 4.21 Å². The molecule has 1 aromatic rings. The van der Waals surface area contributed by atoms with Crippen LogP contribution in [0.1, 0.15) is 32.4 Å². The predicted octanol–water partition coefficient (Wildman–Crippen LogP) is 2.17. The van der Waals surface area contributed by atoms with Gasteiger partial charge in [0.05, 0.1) is 5.69 Å². The van der Waals surface area contributed by atoms with Gasteiger partial charge in [0.2, 0.25) is 5.95 Å². The minimum Gasteiger partial charge on any atom is -0.353 e. The fraction of sp³-hybridized carbons (Fsp3) is 0.750. The van der Waals surface area contributed by atoms with Gasteiger partial charge < -0.3 is 9.88 Å². The Labute approximate surface area is 106 Å². The van der Waals surface area contributed by atoms with Crippen molar-refractivity contribution in [1.82, 2.24) is 9.55 Å². The highest BCUT2D eigenvalue weighted by Gasteiger charge is 2.09. The standard InChI is InChI=1S/C12H23N3OS/c1-5-7-15-9-11(3)14-12(15)13-10(2)6-8-17(4)16/h9-10H,5-8H2,1-4H3,(H,13,14). The number of anilines is 1. The van der Waals surface area contributed by atoms with Crippen molar-refractivity contribution in [1.29, 1.82) is 0 Å². The molecule has 98 valence electrons. The molecule has 0 fully saturated rings. The van der Waals surface area contributed by atoms with Gasteiger partial charge in [-0.15, -0.1) is 0 Å². The molecule has 0 saturated carbocycles. The van der Waals surface area contributed by atoms with Gasteiger partial charge in [0, 0.05) is 41.6 Å². The lowest BCUT2D eigenvalue weighted by molar-refractivity contribution is 0.660. The molecule has 0 aliphatic rings. The average molecular weight is 257 g/mol. The molecule has 17 heavy (non-hydrogen) atoms. The highest BCUT2D eigenvalue weighted by Crippen LogP contribution is 2.11. The van der Waals surface area contributed by atoms with Crippen LogP contribution in [0, 0.1) is 6.92 Å². The second-order valence-electron chi connectivity index (χ2n) is 4.51. The number of imidazole rings is 1. The van der Waals surface area contributed by atoms with E-state index in [9.17, 15) is 4.21 Å². The van der Waals surface area contributed by atoms with Crippen molar-refractivity contribution in [3.05, 3.63) is 11.9 Å². The van der Waals surface area contributed by atoms with Crippen LogP contribution in [0.2, 0.25) is 0 Å². The quantitative estimate of drug-likeness (QED) is 0.814. The van der Waals surface area contributed by atoms with E-state index in [1.807, 2.05) is 6.92 Å². The second-order valence-corrected chi connectivity index (χ2v) is 6.07. The van der Waals surface area contributed by atoms with Crippen LogP contribution in [0.5, 0.6) is 0 Å². The first-order valence-electron chi connectivity index (χ1n) is 6.13. The Kier molecular flexibility index (Phi) is 5.68. The summed E-state index contributed by atoms with van der Waals surface area (Å²) < 4.78 is 13.2. The molecule has 0 bridgehead atoms. The zero-order valence-electron chi connectivity index (χ0n) is 11.2. The Hall–Kier alpha value is -0.840. The maximum atomic E-state index is 11.0. The zero-order valence-corrected chi connectivity index (χ0v) is 12.0.